The van der Waals surface area contributed by atoms with E-state index in [4.69, 9.17) is 9.47 Å². The standard InChI is InChI=1S/C21H22N4O6/c1-21(14-7-5-4-6-8-14)19(28)25(20(29)23-21)24-17(26)12-22-18(27)13-9-10-15(30-2)16(11-13)31-3/h4-11H,12H2,1-3H3,(H,22,27)(H,23,29)(H,24,26). The first kappa shape index (κ1) is 21.6. The van der Waals surface area contributed by atoms with E-state index in [1.165, 1.54) is 26.4 Å². The zero-order chi connectivity index (χ0) is 22.6. The molecular weight excluding hydrogens is 404 g/mol. The van der Waals surface area contributed by atoms with Crippen molar-refractivity contribution in [2.75, 3.05) is 20.8 Å². The molecule has 0 aliphatic carbocycles. The van der Waals surface area contributed by atoms with Crippen molar-refractivity contribution in [1.29, 1.82) is 0 Å². The summed E-state index contributed by atoms with van der Waals surface area (Å²) in [5.74, 6) is -1.10. The van der Waals surface area contributed by atoms with E-state index in [2.05, 4.69) is 16.1 Å². The fraction of sp³-hybridized carbons (Fsp3) is 0.238. The van der Waals surface area contributed by atoms with Gasteiger partial charge in [-0.3, -0.25) is 19.8 Å². The number of urea groups is 1. The van der Waals surface area contributed by atoms with Crippen LogP contribution in [-0.4, -0.2) is 49.5 Å². The number of carbonyl (C=O) groups excluding carboxylic acids is 4. The first-order valence-corrected chi connectivity index (χ1v) is 9.32. The van der Waals surface area contributed by atoms with E-state index in [0.29, 0.717) is 22.1 Å². The molecule has 0 saturated carbocycles. The summed E-state index contributed by atoms with van der Waals surface area (Å²) in [7, 11) is 2.91. The number of hydrazine groups is 1. The summed E-state index contributed by atoms with van der Waals surface area (Å²) in [4.78, 5) is 49.6. The van der Waals surface area contributed by atoms with Crippen molar-refractivity contribution in [2.45, 2.75) is 12.5 Å². The van der Waals surface area contributed by atoms with Crippen molar-refractivity contribution in [1.82, 2.24) is 21.1 Å². The predicted octanol–water partition coefficient (Wildman–Crippen LogP) is 0.932. The molecule has 1 heterocycles. The van der Waals surface area contributed by atoms with Gasteiger partial charge in [-0.1, -0.05) is 30.3 Å². The topological polar surface area (TPSA) is 126 Å². The minimum absolute atomic E-state index is 0.247. The predicted molar refractivity (Wildman–Crippen MR) is 109 cm³/mol. The number of hydrogen-bond acceptors (Lipinski definition) is 6. The zero-order valence-electron chi connectivity index (χ0n) is 17.2. The summed E-state index contributed by atoms with van der Waals surface area (Å²) in [5, 5.41) is 5.61. The van der Waals surface area contributed by atoms with Crippen LogP contribution in [0.1, 0.15) is 22.8 Å². The average molecular weight is 426 g/mol. The Morgan fingerprint density at radius 2 is 1.71 bits per heavy atom. The van der Waals surface area contributed by atoms with Crippen LogP contribution < -0.4 is 25.5 Å². The van der Waals surface area contributed by atoms with Gasteiger partial charge in [0.15, 0.2) is 11.5 Å². The van der Waals surface area contributed by atoms with E-state index in [-0.39, 0.29) is 5.56 Å². The number of amides is 5. The molecule has 0 spiro atoms. The van der Waals surface area contributed by atoms with Crippen molar-refractivity contribution in [2.24, 2.45) is 0 Å². The SMILES string of the molecule is COc1ccc(C(=O)NCC(=O)NN2C(=O)NC(C)(c3ccccc3)C2=O)cc1OC. The summed E-state index contributed by atoms with van der Waals surface area (Å²) >= 11 is 0. The molecule has 10 heteroatoms. The van der Waals surface area contributed by atoms with Crippen molar-refractivity contribution in [3.8, 4) is 11.5 Å². The number of ether oxygens (including phenoxy) is 2. The first-order chi connectivity index (χ1) is 14.8. The fourth-order valence-electron chi connectivity index (χ4n) is 3.11. The average Bonchev–Trinajstić information content (AvgIpc) is 3.01. The summed E-state index contributed by atoms with van der Waals surface area (Å²) in [6.07, 6.45) is 0. The monoisotopic (exact) mass is 426 g/mol. The third-order valence-corrected chi connectivity index (χ3v) is 4.83. The number of nitrogens with one attached hydrogen (secondary N) is 3. The highest BCUT2D eigenvalue weighted by Gasteiger charge is 2.49. The molecule has 2 aromatic rings. The van der Waals surface area contributed by atoms with Gasteiger partial charge in [0, 0.05) is 5.56 Å². The quantitative estimate of drug-likeness (QED) is 0.566. The highest BCUT2D eigenvalue weighted by molar-refractivity contribution is 6.08. The lowest BCUT2D eigenvalue weighted by Gasteiger charge is -2.22. The van der Waals surface area contributed by atoms with Gasteiger partial charge in [0.2, 0.25) is 0 Å². The highest BCUT2D eigenvalue weighted by atomic mass is 16.5. The first-order valence-electron chi connectivity index (χ1n) is 9.32. The van der Waals surface area contributed by atoms with Gasteiger partial charge in [-0.15, -0.1) is 0 Å². The van der Waals surface area contributed by atoms with E-state index in [1.807, 2.05) is 0 Å². The van der Waals surface area contributed by atoms with Crippen LogP contribution in [0.15, 0.2) is 48.5 Å². The van der Waals surface area contributed by atoms with E-state index in [0.717, 1.165) is 0 Å². The largest absolute Gasteiger partial charge is 0.493 e. The van der Waals surface area contributed by atoms with Gasteiger partial charge in [-0.2, -0.15) is 5.01 Å². The number of hydrogen-bond donors (Lipinski definition) is 3. The van der Waals surface area contributed by atoms with Gasteiger partial charge in [0.05, 0.1) is 20.8 Å². The molecule has 1 unspecified atom stereocenters. The molecule has 31 heavy (non-hydrogen) atoms. The lowest BCUT2D eigenvalue weighted by atomic mass is 9.92. The summed E-state index contributed by atoms with van der Waals surface area (Å²) < 4.78 is 10.3. The van der Waals surface area contributed by atoms with Crippen LogP contribution in [0, 0.1) is 0 Å². The minimum atomic E-state index is -1.31. The summed E-state index contributed by atoms with van der Waals surface area (Å²) in [5.41, 5.74) is 1.74. The zero-order valence-corrected chi connectivity index (χ0v) is 17.2. The van der Waals surface area contributed by atoms with Gasteiger partial charge >= 0.3 is 6.03 Å². The lowest BCUT2D eigenvalue weighted by Crippen LogP contribution is -2.50. The Balaban J connectivity index is 1.61. The molecule has 3 rings (SSSR count). The molecule has 1 atom stereocenters. The van der Waals surface area contributed by atoms with Gasteiger partial charge in [0.25, 0.3) is 17.7 Å². The van der Waals surface area contributed by atoms with E-state index in [1.54, 1.807) is 43.3 Å². The Hall–Kier alpha value is -4.08. The molecule has 10 nitrogen and oxygen atoms in total. The van der Waals surface area contributed by atoms with E-state index in [9.17, 15) is 19.2 Å². The molecule has 5 amide bonds. The van der Waals surface area contributed by atoms with Crippen molar-refractivity contribution in [3.05, 3.63) is 59.7 Å². The molecule has 0 aromatic heterocycles. The Morgan fingerprint density at radius 3 is 2.35 bits per heavy atom. The molecule has 1 aliphatic heterocycles. The van der Waals surface area contributed by atoms with Crippen LogP contribution in [0.3, 0.4) is 0 Å². The van der Waals surface area contributed by atoms with Crippen LogP contribution in [0.4, 0.5) is 4.79 Å². The molecule has 0 radical (unpaired) electrons. The van der Waals surface area contributed by atoms with Crippen molar-refractivity contribution >= 4 is 23.8 Å². The van der Waals surface area contributed by atoms with Crippen LogP contribution in [0.25, 0.3) is 0 Å². The summed E-state index contributed by atoms with van der Waals surface area (Å²) in [6, 6.07) is 12.4. The molecule has 1 fully saturated rings. The number of nitrogens with zero attached hydrogens (tertiary/aromatic N) is 1. The van der Waals surface area contributed by atoms with Crippen LogP contribution in [0.2, 0.25) is 0 Å². The minimum Gasteiger partial charge on any atom is -0.493 e. The summed E-state index contributed by atoms with van der Waals surface area (Å²) in [6.45, 7) is 1.10. The fourth-order valence-corrected chi connectivity index (χ4v) is 3.11. The number of methoxy groups -OCH3 is 2. The molecule has 3 N–H and O–H groups in total. The highest BCUT2D eigenvalue weighted by Crippen LogP contribution is 2.28. The van der Waals surface area contributed by atoms with Crippen molar-refractivity contribution < 1.29 is 28.7 Å². The van der Waals surface area contributed by atoms with Crippen LogP contribution >= 0.6 is 0 Å². The molecule has 1 aliphatic rings. The Kier molecular flexibility index (Phi) is 6.10. The second-order valence-electron chi connectivity index (χ2n) is 6.85. The van der Waals surface area contributed by atoms with Gasteiger partial charge in [-0.25, -0.2) is 4.79 Å². The number of rotatable bonds is 7. The third kappa shape index (κ3) is 4.27. The van der Waals surface area contributed by atoms with Crippen molar-refractivity contribution in [3.63, 3.8) is 0 Å². The number of benzene rings is 2. The Morgan fingerprint density at radius 1 is 1.03 bits per heavy atom. The second kappa shape index (κ2) is 8.74. The molecule has 162 valence electrons. The third-order valence-electron chi connectivity index (χ3n) is 4.83. The van der Waals surface area contributed by atoms with E-state index >= 15 is 0 Å². The Labute approximate surface area is 178 Å². The van der Waals surface area contributed by atoms with Gasteiger partial charge in [-0.05, 0) is 30.7 Å². The van der Waals surface area contributed by atoms with Gasteiger partial charge in [0.1, 0.15) is 5.54 Å². The molecular formula is C21H22N4O6. The maximum Gasteiger partial charge on any atom is 0.344 e. The second-order valence-corrected chi connectivity index (χ2v) is 6.85. The van der Waals surface area contributed by atoms with Crippen LogP contribution in [0.5, 0.6) is 11.5 Å². The molecule has 0 bridgehead atoms. The maximum atomic E-state index is 12.8. The van der Waals surface area contributed by atoms with E-state index < -0.39 is 35.8 Å². The molecule has 1 saturated heterocycles. The molecule has 2 aromatic carbocycles. The smallest absolute Gasteiger partial charge is 0.344 e. The lowest BCUT2D eigenvalue weighted by molar-refractivity contribution is -0.138. The van der Waals surface area contributed by atoms with Crippen LogP contribution in [-0.2, 0) is 15.1 Å². The Bertz CT molecular complexity index is 1030. The normalized spacial score (nSPS) is 17.7. The maximum absolute atomic E-state index is 12.8. The number of carbonyl (C=O) groups is 4. The number of imide groups is 1. The van der Waals surface area contributed by atoms with Gasteiger partial charge < -0.3 is 20.1 Å².